The molecule has 3 rings (SSSR count). The molecular formula is C17H16ClN3O. The number of pyridine rings is 1. The second kappa shape index (κ2) is 6.62. The molecule has 0 aliphatic carbocycles. The minimum atomic E-state index is 0.569. The van der Waals surface area contributed by atoms with Gasteiger partial charge < -0.3 is 4.74 Å². The number of rotatable bonds is 5. The molecule has 0 radical (unpaired) electrons. The first-order valence-electron chi connectivity index (χ1n) is 7.11. The molecule has 2 aromatic heterocycles. The van der Waals surface area contributed by atoms with Crippen molar-refractivity contribution in [1.82, 2.24) is 14.8 Å². The Hall–Kier alpha value is -2.33. The highest BCUT2D eigenvalue weighted by Gasteiger charge is 2.10. The van der Waals surface area contributed by atoms with Gasteiger partial charge in [0.05, 0.1) is 13.2 Å². The third kappa shape index (κ3) is 3.28. The van der Waals surface area contributed by atoms with Gasteiger partial charge >= 0.3 is 0 Å². The Bertz CT molecular complexity index is 756. The molecule has 112 valence electrons. The standard InChI is InChI=1S/C17H16ClN3O/c1-2-22-17-16(14-5-3-6-15(18)10-14)9-13(11-19-17)12-21-8-4-7-20-21/h3-11H,2,12H2,1H3. The summed E-state index contributed by atoms with van der Waals surface area (Å²) >= 11 is 6.10. The quantitative estimate of drug-likeness (QED) is 0.713. The van der Waals surface area contributed by atoms with Crippen LogP contribution >= 0.6 is 11.6 Å². The van der Waals surface area contributed by atoms with Gasteiger partial charge in [0.15, 0.2) is 0 Å². The van der Waals surface area contributed by atoms with Gasteiger partial charge in [-0.3, -0.25) is 4.68 Å². The lowest BCUT2D eigenvalue weighted by Gasteiger charge is -2.12. The van der Waals surface area contributed by atoms with E-state index in [2.05, 4.69) is 16.1 Å². The summed E-state index contributed by atoms with van der Waals surface area (Å²) in [5, 5.41) is 4.92. The molecule has 3 aromatic rings. The Morgan fingerprint density at radius 1 is 1.23 bits per heavy atom. The van der Waals surface area contributed by atoms with E-state index in [-0.39, 0.29) is 0 Å². The molecule has 0 atom stereocenters. The van der Waals surface area contributed by atoms with Gasteiger partial charge in [0.25, 0.3) is 0 Å². The fraction of sp³-hybridized carbons (Fsp3) is 0.176. The maximum Gasteiger partial charge on any atom is 0.221 e. The summed E-state index contributed by atoms with van der Waals surface area (Å²) in [5.41, 5.74) is 2.99. The molecule has 4 nitrogen and oxygen atoms in total. The summed E-state index contributed by atoms with van der Waals surface area (Å²) in [4.78, 5) is 4.45. The third-order valence-electron chi connectivity index (χ3n) is 3.23. The Labute approximate surface area is 134 Å². The van der Waals surface area contributed by atoms with Crippen LogP contribution in [0.5, 0.6) is 5.88 Å². The van der Waals surface area contributed by atoms with Gasteiger partial charge in [0.2, 0.25) is 5.88 Å². The lowest BCUT2D eigenvalue weighted by atomic mass is 10.1. The van der Waals surface area contributed by atoms with Gasteiger partial charge in [-0.25, -0.2) is 4.98 Å². The molecule has 5 heteroatoms. The molecule has 0 fully saturated rings. The molecule has 0 bridgehead atoms. The van der Waals surface area contributed by atoms with Crippen molar-refractivity contribution in [1.29, 1.82) is 0 Å². The Kier molecular flexibility index (Phi) is 4.39. The monoisotopic (exact) mass is 313 g/mol. The zero-order chi connectivity index (χ0) is 15.4. The van der Waals surface area contributed by atoms with Crippen molar-refractivity contribution in [3.05, 3.63) is 65.6 Å². The lowest BCUT2D eigenvalue weighted by Crippen LogP contribution is -2.03. The number of halogens is 1. The summed E-state index contributed by atoms with van der Waals surface area (Å²) in [6.45, 7) is 3.18. The first kappa shape index (κ1) is 14.6. The zero-order valence-electron chi connectivity index (χ0n) is 12.2. The van der Waals surface area contributed by atoms with E-state index in [9.17, 15) is 0 Å². The molecular weight excluding hydrogens is 298 g/mol. The maximum absolute atomic E-state index is 6.10. The number of nitrogens with zero attached hydrogens (tertiary/aromatic N) is 3. The van der Waals surface area contributed by atoms with E-state index in [1.165, 1.54) is 0 Å². The molecule has 0 amide bonds. The number of aromatic nitrogens is 3. The number of benzene rings is 1. The van der Waals surface area contributed by atoms with Gasteiger partial charge in [-0.05, 0) is 42.3 Å². The topological polar surface area (TPSA) is 39.9 Å². The fourth-order valence-electron chi connectivity index (χ4n) is 2.28. The van der Waals surface area contributed by atoms with E-state index < -0.39 is 0 Å². The Morgan fingerprint density at radius 2 is 2.14 bits per heavy atom. The van der Waals surface area contributed by atoms with Crippen LogP contribution in [-0.2, 0) is 6.54 Å². The van der Waals surface area contributed by atoms with Crippen LogP contribution in [0.15, 0.2) is 55.0 Å². The highest BCUT2D eigenvalue weighted by molar-refractivity contribution is 6.30. The molecule has 0 unspecified atom stereocenters. The summed E-state index contributed by atoms with van der Waals surface area (Å²) in [6, 6.07) is 11.7. The average molecular weight is 314 g/mol. The molecule has 0 aliphatic rings. The van der Waals surface area contributed by atoms with Crippen LogP contribution in [0.3, 0.4) is 0 Å². The second-order valence-corrected chi connectivity index (χ2v) is 5.28. The summed E-state index contributed by atoms with van der Waals surface area (Å²) in [6.07, 6.45) is 5.51. The van der Waals surface area contributed by atoms with Crippen LogP contribution in [0.1, 0.15) is 12.5 Å². The van der Waals surface area contributed by atoms with Gasteiger partial charge in [0.1, 0.15) is 0 Å². The van der Waals surface area contributed by atoms with Gasteiger partial charge in [0, 0.05) is 29.2 Å². The van der Waals surface area contributed by atoms with Crippen molar-refractivity contribution < 1.29 is 4.74 Å². The largest absolute Gasteiger partial charge is 0.478 e. The smallest absolute Gasteiger partial charge is 0.221 e. The minimum Gasteiger partial charge on any atom is -0.478 e. The van der Waals surface area contributed by atoms with Crippen molar-refractivity contribution in [2.24, 2.45) is 0 Å². The van der Waals surface area contributed by atoms with Gasteiger partial charge in [-0.2, -0.15) is 5.10 Å². The predicted octanol–water partition coefficient (Wildman–Crippen LogP) is 4.05. The average Bonchev–Trinajstić information content (AvgIpc) is 3.02. The van der Waals surface area contributed by atoms with Crippen molar-refractivity contribution in [3.63, 3.8) is 0 Å². The molecule has 2 heterocycles. The number of ether oxygens (including phenoxy) is 1. The van der Waals surface area contributed by atoms with Crippen molar-refractivity contribution >= 4 is 11.6 Å². The van der Waals surface area contributed by atoms with Crippen LogP contribution in [0.25, 0.3) is 11.1 Å². The predicted molar refractivity (Wildman–Crippen MR) is 87.2 cm³/mol. The van der Waals surface area contributed by atoms with E-state index in [1.54, 1.807) is 6.20 Å². The van der Waals surface area contributed by atoms with Crippen molar-refractivity contribution in [3.8, 4) is 17.0 Å². The molecule has 0 aliphatic heterocycles. The van der Waals surface area contributed by atoms with E-state index >= 15 is 0 Å². The maximum atomic E-state index is 6.10. The second-order valence-electron chi connectivity index (χ2n) is 4.84. The summed E-state index contributed by atoms with van der Waals surface area (Å²) in [7, 11) is 0. The van der Waals surface area contributed by atoms with Gasteiger partial charge in [-0.15, -0.1) is 0 Å². The molecule has 0 saturated carbocycles. The zero-order valence-corrected chi connectivity index (χ0v) is 13.0. The van der Waals surface area contributed by atoms with E-state index in [0.29, 0.717) is 24.1 Å². The van der Waals surface area contributed by atoms with E-state index in [1.807, 2.05) is 54.3 Å². The Balaban J connectivity index is 2.00. The number of hydrogen-bond acceptors (Lipinski definition) is 3. The van der Waals surface area contributed by atoms with Crippen LogP contribution in [0.2, 0.25) is 5.02 Å². The van der Waals surface area contributed by atoms with Crippen LogP contribution in [0.4, 0.5) is 0 Å². The molecule has 1 aromatic carbocycles. The summed E-state index contributed by atoms with van der Waals surface area (Å²) < 4.78 is 7.51. The first-order chi connectivity index (χ1) is 10.8. The van der Waals surface area contributed by atoms with Crippen LogP contribution in [-0.4, -0.2) is 21.4 Å². The van der Waals surface area contributed by atoms with Crippen molar-refractivity contribution in [2.45, 2.75) is 13.5 Å². The molecule has 0 N–H and O–H groups in total. The highest BCUT2D eigenvalue weighted by atomic mass is 35.5. The molecule has 0 saturated heterocycles. The SMILES string of the molecule is CCOc1ncc(Cn2cccn2)cc1-c1cccc(Cl)c1. The van der Waals surface area contributed by atoms with Crippen LogP contribution in [0, 0.1) is 0 Å². The van der Waals surface area contributed by atoms with Gasteiger partial charge in [-0.1, -0.05) is 23.7 Å². The normalized spacial score (nSPS) is 10.6. The fourth-order valence-corrected chi connectivity index (χ4v) is 2.47. The molecule has 22 heavy (non-hydrogen) atoms. The Morgan fingerprint density at radius 3 is 2.86 bits per heavy atom. The summed E-state index contributed by atoms with van der Waals surface area (Å²) in [5.74, 6) is 0.619. The first-order valence-corrected chi connectivity index (χ1v) is 7.49. The lowest BCUT2D eigenvalue weighted by molar-refractivity contribution is 0.328. The van der Waals surface area contributed by atoms with Crippen molar-refractivity contribution in [2.75, 3.05) is 6.61 Å². The van der Waals surface area contributed by atoms with E-state index in [4.69, 9.17) is 16.3 Å². The number of hydrogen-bond donors (Lipinski definition) is 0. The van der Waals surface area contributed by atoms with Crippen LogP contribution < -0.4 is 4.74 Å². The minimum absolute atomic E-state index is 0.569. The molecule has 0 spiro atoms. The van der Waals surface area contributed by atoms with E-state index in [0.717, 1.165) is 16.7 Å². The third-order valence-corrected chi connectivity index (χ3v) is 3.46. The highest BCUT2D eigenvalue weighted by Crippen LogP contribution is 2.30.